The molecule has 1 fully saturated rings. The van der Waals surface area contributed by atoms with Gasteiger partial charge in [-0.05, 0) is 44.9 Å². The van der Waals surface area contributed by atoms with Crippen molar-refractivity contribution in [3.05, 3.63) is 21.9 Å². The molecule has 3 nitrogen and oxygen atoms in total. The van der Waals surface area contributed by atoms with Crippen LogP contribution in [0.5, 0.6) is 0 Å². The topological polar surface area (TPSA) is 41.1 Å². The lowest BCUT2D eigenvalue weighted by atomic mass is 9.82. The molecule has 0 saturated carbocycles. The van der Waals surface area contributed by atoms with E-state index in [2.05, 4.69) is 36.6 Å². The van der Waals surface area contributed by atoms with E-state index in [-0.39, 0.29) is 11.3 Å². The summed E-state index contributed by atoms with van der Waals surface area (Å²) in [5.41, 5.74) is -0.233. The third-order valence-corrected chi connectivity index (χ3v) is 4.86. The zero-order valence-corrected chi connectivity index (χ0v) is 12.0. The molecule has 1 atom stereocenters. The Morgan fingerprint density at radius 3 is 2.89 bits per heavy atom. The van der Waals surface area contributed by atoms with Gasteiger partial charge in [-0.15, -0.1) is 11.3 Å². The highest BCUT2D eigenvalue weighted by molar-refractivity contribution is 7.11. The van der Waals surface area contributed by atoms with Crippen LogP contribution in [0.3, 0.4) is 0 Å². The lowest BCUT2D eigenvalue weighted by Crippen LogP contribution is -2.48. The maximum Gasteiger partial charge on any atom is 0.227 e. The minimum Gasteiger partial charge on any atom is -0.351 e. The average molecular weight is 266 g/mol. The molecule has 2 rings (SSSR count). The van der Waals surface area contributed by atoms with Gasteiger partial charge in [-0.1, -0.05) is 6.92 Å². The Morgan fingerprint density at radius 1 is 1.50 bits per heavy atom. The summed E-state index contributed by atoms with van der Waals surface area (Å²) >= 11 is 1.79. The van der Waals surface area contributed by atoms with Gasteiger partial charge < -0.3 is 10.6 Å². The lowest BCUT2D eigenvalue weighted by molar-refractivity contribution is -0.131. The van der Waals surface area contributed by atoms with Crippen LogP contribution in [-0.2, 0) is 17.8 Å². The maximum atomic E-state index is 12.2. The number of amides is 1. The van der Waals surface area contributed by atoms with Crippen LogP contribution >= 0.6 is 11.3 Å². The fraction of sp³-hybridized carbons (Fsp3) is 0.643. The molecule has 1 saturated heterocycles. The number of carbonyl (C=O) groups is 1. The van der Waals surface area contributed by atoms with Crippen molar-refractivity contribution >= 4 is 17.2 Å². The molecule has 1 aromatic heterocycles. The molecule has 0 radical (unpaired) electrons. The molecule has 0 aliphatic carbocycles. The van der Waals surface area contributed by atoms with Crippen LogP contribution in [0.4, 0.5) is 0 Å². The number of thiophene rings is 1. The van der Waals surface area contributed by atoms with Crippen LogP contribution in [0.15, 0.2) is 12.1 Å². The molecule has 1 aliphatic heterocycles. The van der Waals surface area contributed by atoms with Crippen molar-refractivity contribution in [2.75, 3.05) is 13.1 Å². The van der Waals surface area contributed by atoms with Crippen LogP contribution in [0.25, 0.3) is 0 Å². The van der Waals surface area contributed by atoms with Crippen molar-refractivity contribution < 1.29 is 4.79 Å². The van der Waals surface area contributed by atoms with Crippen LogP contribution in [0.2, 0.25) is 0 Å². The lowest BCUT2D eigenvalue weighted by Gasteiger charge is -2.32. The fourth-order valence-electron chi connectivity index (χ4n) is 2.34. The van der Waals surface area contributed by atoms with E-state index in [1.165, 1.54) is 9.75 Å². The Morgan fingerprint density at radius 2 is 2.28 bits per heavy atom. The van der Waals surface area contributed by atoms with Gasteiger partial charge in [0.2, 0.25) is 5.91 Å². The van der Waals surface area contributed by atoms with Gasteiger partial charge in [-0.3, -0.25) is 4.79 Å². The largest absolute Gasteiger partial charge is 0.351 e. The Bertz CT molecular complexity index is 408. The molecule has 1 unspecified atom stereocenters. The van der Waals surface area contributed by atoms with Crippen molar-refractivity contribution in [3.63, 3.8) is 0 Å². The zero-order chi connectivity index (χ0) is 13.0. The molecular formula is C14H22N2OS. The molecule has 1 aromatic rings. The van der Waals surface area contributed by atoms with Gasteiger partial charge in [0.15, 0.2) is 0 Å². The van der Waals surface area contributed by atoms with E-state index in [1.54, 1.807) is 11.3 Å². The van der Waals surface area contributed by atoms with Crippen LogP contribution in [-0.4, -0.2) is 19.0 Å². The highest BCUT2D eigenvalue weighted by Gasteiger charge is 2.34. The highest BCUT2D eigenvalue weighted by atomic mass is 32.1. The SMILES string of the molecule is CCc1ccc(CNC(=O)C2(C)CCCNC2)s1. The van der Waals surface area contributed by atoms with E-state index in [4.69, 9.17) is 0 Å². The molecule has 2 heterocycles. The summed E-state index contributed by atoms with van der Waals surface area (Å²) in [5, 5.41) is 6.39. The second-order valence-electron chi connectivity index (χ2n) is 5.25. The molecule has 2 N–H and O–H groups in total. The van der Waals surface area contributed by atoms with Crippen molar-refractivity contribution in [2.24, 2.45) is 5.41 Å². The Balaban J connectivity index is 1.87. The molecular weight excluding hydrogens is 244 g/mol. The number of aryl methyl sites for hydroxylation is 1. The van der Waals surface area contributed by atoms with Gasteiger partial charge in [-0.25, -0.2) is 0 Å². The van der Waals surface area contributed by atoms with Crippen molar-refractivity contribution in [1.82, 2.24) is 10.6 Å². The summed E-state index contributed by atoms with van der Waals surface area (Å²) in [6, 6.07) is 4.27. The smallest absolute Gasteiger partial charge is 0.227 e. The summed E-state index contributed by atoms with van der Waals surface area (Å²) in [7, 11) is 0. The van der Waals surface area contributed by atoms with Crippen LogP contribution < -0.4 is 10.6 Å². The van der Waals surface area contributed by atoms with Crippen LogP contribution in [0.1, 0.15) is 36.4 Å². The molecule has 0 spiro atoms. The second kappa shape index (κ2) is 5.85. The van der Waals surface area contributed by atoms with Crippen molar-refractivity contribution in [2.45, 2.75) is 39.7 Å². The third-order valence-electron chi connectivity index (χ3n) is 3.63. The number of nitrogens with one attached hydrogen (secondary N) is 2. The second-order valence-corrected chi connectivity index (χ2v) is 6.50. The number of hydrogen-bond acceptors (Lipinski definition) is 3. The third kappa shape index (κ3) is 3.12. The normalized spacial score (nSPS) is 23.9. The van der Waals surface area contributed by atoms with Gasteiger partial charge in [-0.2, -0.15) is 0 Å². The molecule has 0 bridgehead atoms. The predicted molar refractivity (Wildman–Crippen MR) is 75.8 cm³/mol. The van der Waals surface area contributed by atoms with Gasteiger partial charge in [0, 0.05) is 16.3 Å². The zero-order valence-electron chi connectivity index (χ0n) is 11.2. The van der Waals surface area contributed by atoms with Gasteiger partial charge in [0.05, 0.1) is 12.0 Å². The first-order chi connectivity index (χ1) is 8.64. The molecule has 0 aromatic carbocycles. The standard InChI is InChI=1S/C14H22N2OS/c1-3-11-5-6-12(18-11)9-16-13(17)14(2)7-4-8-15-10-14/h5-6,15H,3-4,7-10H2,1-2H3,(H,16,17). The Hall–Kier alpha value is -0.870. The van der Waals surface area contributed by atoms with E-state index < -0.39 is 0 Å². The van der Waals surface area contributed by atoms with E-state index >= 15 is 0 Å². The summed E-state index contributed by atoms with van der Waals surface area (Å²) in [6.45, 7) is 6.71. The molecule has 1 aliphatic rings. The van der Waals surface area contributed by atoms with E-state index in [1.807, 2.05) is 0 Å². The minimum absolute atomic E-state index is 0.182. The summed E-state index contributed by atoms with van der Waals surface area (Å²) < 4.78 is 0. The van der Waals surface area contributed by atoms with Crippen molar-refractivity contribution in [1.29, 1.82) is 0 Å². The van der Waals surface area contributed by atoms with Crippen molar-refractivity contribution in [3.8, 4) is 0 Å². The number of rotatable bonds is 4. The summed E-state index contributed by atoms with van der Waals surface area (Å²) in [5.74, 6) is 0.182. The molecule has 100 valence electrons. The highest BCUT2D eigenvalue weighted by Crippen LogP contribution is 2.26. The quantitative estimate of drug-likeness (QED) is 0.878. The van der Waals surface area contributed by atoms with E-state index in [0.29, 0.717) is 6.54 Å². The minimum atomic E-state index is -0.233. The van der Waals surface area contributed by atoms with Gasteiger partial charge >= 0.3 is 0 Å². The monoisotopic (exact) mass is 266 g/mol. The fourth-order valence-corrected chi connectivity index (χ4v) is 3.24. The van der Waals surface area contributed by atoms with Crippen LogP contribution in [0, 0.1) is 5.41 Å². The summed E-state index contributed by atoms with van der Waals surface area (Å²) in [4.78, 5) is 14.8. The predicted octanol–water partition coefficient (Wildman–Crippen LogP) is 2.32. The first kappa shape index (κ1) is 13.6. The first-order valence-corrected chi connectivity index (χ1v) is 7.52. The van der Waals surface area contributed by atoms with E-state index in [0.717, 1.165) is 32.4 Å². The Labute approximate surface area is 113 Å². The maximum absolute atomic E-state index is 12.2. The van der Waals surface area contributed by atoms with E-state index in [9.17, 15) is 4.79 Å². The number of hydrogen-bond donors (Lipinski definition) is 2. The number of piperidine rings is 1. The number of carbonyl (C=O) groups excluding carboxylic acids is 1. The Kier molecular flexibility index (Phi) is 4.40. The first-order valence-electron chi connectivity index (χ1n) is 6.71. The van der Waals surface area contributed by atoms with Gasteiger partial charge in [0.25, 0.3) is 0 Å². The van der Waals surface area contributed by atoms with Gasteiger partial charge in [0.1, 0.15) is 0 Å². The molecule has 4 heteroatoms. The summed E-state index contributed by atoms with van der Waals surface area (Å²) in [6.07, 6.45) is 3.14. The average Bonchev–Trinajstić information content (AvgIpc) is 2.84. The molecule has 1 amide bonds. The molecule has 18 heavy (non-hydrogen) atoms.